The van der Waals surface area contributed by atoms with E-state index in [0.29, 0.717) is 12.1 Å². The van der Waals surface area contributed by atoms with Crippen molar-refractivity contribution in [2.75, 3.05) is 6.54 Å². The van der Waals surface area contributed by atoms with Gasteiger partial charge in [-0.05, 0) is 24.6 Å². The van der Waals surface area contributed by atoms with Crippen molar-refractivity contribution in [3.05, 3.63) is 35.4 Å². The van der Waals surface area contributed by atoms with Crippen LogP contribution >= 0.6 is 0 Å². The number of carboxylic acid groups (broad SMARTS) is 1. The zero-order valence-corrected chi connectivity index (χ0v) is 9.07. The van der Waals surface area contributed by atoms with E-state index in [1.165, 1.54) is 0 Å². The number of nitrogens with one attached hydrogen (secondary N) is 1. The summed E-state index contributed by atoms with van der Waals surface area (Å²) in [4.78, 5) is 10.9. The molecule has 0 amide bonds. The Bertz CT molecular complexity index is 393. The number of benzene rings is 1. The van der Waals surface area contributed by atoms with Crippen molar-refractivity contribution >= 4 is 5.97 Å². The van der Waals surface area contributed by atoms with Gasteiger partial charge in [0.15, 0.2) is 0 Å². The van der Waals surface area contributed by atoms with Gasteiger partial charge in [0.05, 0.1) is 5.56 Å². The first-order valence-electron chi connectivity index (χ1n) is 5.21. The second kappa shape index (κ2) is 6.65. The van der Waals surface area contributed by atoms with E-state index in [4.69, 9.17) is 11.5 Å². The van der Waals surface area contributed by atoms with Crippen molar-refractivity contribution in [2.24, 2.45) is 0 Å². The van der Waals surface area contributed by atoms with E-state index in [2.05, 4.69) is 11.2 Å². The number of carbonyl (C=O) groups is 1. The third-order valence-corrected chi connectivity index (χ3v) is 2.24. The van der Waals surface area contributed by atoms with Gasteiger partial charge in [-0.15, -0.1) is 12.3 Å². The molecule has 16 heavy (non-hydrogen) atoms. The fourth-order valence-electron chi connectivity index (χ4n) is 1.42. The predicted molar refractivity (Wildman–Crippen MR) is 63.2 cm³/mol. The highest BCUT2D eigenvalue weighted by Crippen LogP contribution is 2.08. The second-order valence-corrected chi connectivity index (χ2v) is 3.45. The van der Waals surface area contributed by atoms with Gasteiger partial charge in [-0.25, -0.2) is 4.79 Å². The van der Waals surface area contributed by atoms with Crippen LogP contribution in [0.3, 0.4) is 0 Å². The smallest absolute Gasteiger partial charge is 0.336 e. The molecule has 0 unspecified atom stereocenters. The number of terminal acetylenes is 1. The number of carboxylic acids is 1. The van der Waals surface area contributed by atoms with Crippen LogP contribution < -0.4 is 5.32 Å². The highest BCUT2D eigenvalue weighted by atomic mass is 16.4. The van der Waals surface area contributed by atoms with E-state index in [1.54, 1.807) is 12.1 Å². The number of unbranched alkanes of at least 4 members (excludes halogenated alkanes) is 1. The Labute approximate surface area is 95.5 Å². The summed E-state index contributed by atoms with van der Waals surface area (Å²) in [6.45, 7) is 1.37. The van der Waals surface area contributed by atoms with E-state index >= 15 is 0 Å². The van der Waals surface area contributed by atoms with Gasteiger partial charge in [-0.1, -0.05) is 18.2 Å². The van der Waals surface area contributed by atoms with E-state index in [1.807, 2.05) is 12.1 Å². The average molecular weight is 217 g/mol. The van der Waals surface area contributed by atoms with Crippen LogP contribution in [0.2, 0.25) is 0 Å². The summed E-state index contributed by atoms with van der Waals surface area (Å²) in [5, 5.41) is 12.1. The quantitative estimate of drug-likeness (QED) is 0.565. The van der Waals surface area contributed by atoms with E-state index in [-0.39, 0.29) is 0 Å². The summed E-state index contributed by atoms with van der Waals surface area (Å²) in [5.41, 5.74) is 1.16. The van der Waals surface area contributed by atoms with Crippen LogP contribution in [0.15, 0.2) is 24.3 Å². The standard InChI is InChI=1S/C13H15NO2/c1-2-3-6-9-14-10-11-7-4-5-8-12(11)13(15)16/h1,4-5,7-8,14H,3,6,9-10H2,(H,15,16). The van der Waals surface area contributed by atoms with Gasteiger partial charge in [-0.2, -0.15) is 0 Å². The molecule has 0 radical (unpaired) electrons. The molecule has 84 valence electrons. The minimum Gasteiger partial charge on any atom is -0.478 e. The van der Waals surface area contributed by atoms with Crippen LogP contribution in [-0.2, 0) is 6.54 Å². The van der Waals surface area contributed by atoms with Crippen LogP contribution in [0, 0.1) is 12.3 Å². The average Bonchev–Trinajstić information content (AvgIpc) is 2.29. The van der Waals surface area contributed by atoms with Gasteiger partial charge < -0.3 is 10.4 Å². The summed E-state index contributed by atoms with van der Waals surface area (Å²) in [6, 6.07) is 6.99. The maximum absolute atomic E-state index is 10.9. The molecule has 1 aromatic rings. The van der Waals surface area contributed by atoms with Crippen LogP contribution in [0.4, 0.5) is 0 Å². The summed E-state index contributed by atoms with van der Waals surface area (Å²) < 4.78 is 0. The molecule has 0 bridgehead atoms. The molecule has 0 aliphatic heterocycles. The van der Waals surface area contributed by atoms with Crippen LogP contribution in [0.1, 0.15) is 28.8 Å². The van der Waals surface area contributed by atoms with Crippen molar-refractivity contribution in [1.29, 1.82) is 0 Å². The van der Waals surface area contributed by atoms with E-state index < -0.39 is 5.97 Å². The lowest BCUT2D eigenvalue weighted by Crippen LogP contribution is -2.16. The number of rotatable bonds is 6. The molecule has 0 atom stereocenters. The van der Waals surface area contributed by atoms with Crippen molar-refractivity contribution < 1.29 is 9.90 Å². The third-order valence-electron chi connectivity index (χ3n) is 2.24. The van der Waals surface area contributed by atoms with Crippen molar-refractivity contribution in [1.82, 2.24) is 5.32 Å². The molecule has 0 saturated heterocycles. The largest absolute Gasteiger partial charge is 0.478 e. The Kier molecular flexibility index (Phi) is 5.10. The van der Waals surface area contributed by atoms with Gasteiger partial charge in [0, 0.05) is 13.0 Å². The van der Waals surface area contributed by atoms with Crippen LogP contribution in [-0.4, -0.2) is 17.6 Å². The van der Waals surface area contributed by atoms with Crippen molar-refractivity contribution in [3.8, 4) is 12.3 Å². The number of hydrogen-bond acceptors (Lipinski definition) is 2. The Balaban J connectivity index is 2.47. The normalized spacial score (nSPS) is 9.69. The van der Waals surface area contributed by atoms with E-state index in [0.717, 1.165) is 24.9 Å². The van der Waals surface area contributed by atoms with Gasteiger partial charge in [0.1, 0.15) is 0 Å². The first-order chi connectivity index (χ1) is 7.75. The summed E-state index contributed by atoms with van der Waals surface area (Å²) in [5.74, 6) is 1.67. The second-order valence-electron chi connectivity index (χ2n) is 3.45. The monoisotopic (exact) mass is 217 g/mol. The molecule has 0 aromatic heterocycles. The zero-order chi connectivity index (χ0) is 11.8. The Morgan fingerprint density at radius 1 is 1.44 bits per heavy atom. The molecule has 0 aliphatic rings. The SMILES string of the molecule is C#CCCCNCc1ccccc1C(=O)O. The molecular formula is C13H15NO2. The fourth-order valence-corrected chi connectivity index (χ4v) is 1.42. The summed E-state index contributed by atoms with van der Waals surface area (Å²) in [6.07, 6.45) is 6.78. The molecule has 0 aliphatic carbocycles. The van der Waals surface area contributed by atoms with Crippen molar-refractivity contribution in [2.45, 2.75) is 19.4 Å². The fraction of sp³-hybridized carbons (Fsp3) is 0.308. The minimum atomic E-state index is -0.888. The molecule has 0 fully saturated rings. The zero-order valence-electron chi connectivity index (χ0n) is 9.07. The molecule has 1 aromatic carbocycles. The first kappa shape index (κ1) is 12.3. The Morgan fingerprint density at radius 2 is 2.19 bits per heavy atom. The van der Waals surface area contributed by atoms with Crippen molar-refractivity contribution in [3.63, 3.8) is 0 Å². The lowest BCUT2D eigenvalue weighted by molar-refractivity contribution is 0.0695. The Hall–Kier alpha value is -1.79. The summed E-state index contributed by atoms with van der Waals surface area (Å²) >= 11 is 0. The maximum Gasteiger partial charge on any atom is 0.336 e. The molecule has 3 nitrogen and oxygen atoms in total. The number of hydrogen-bond donors (Lipinski definition) is 2. The third kappa shape index (κ3) is 3.76. The molecule has 0 heterocycles. The highest BCUT2D eigenvalue weighted by Gasteiger charge is 2.07. The topological polar surface area (TPSA) is 49.3 Å². The minimum absolute atomic E-state index is 0.354. The van der Waals surface area contributed by atoms with Gasteiger partial charge in [0.25, 0.3) is 0 Å². The molecule has 0 saturated carbocycles. The molecule has 1 rings (SSSR count). The molecule has 2 N–H and O–H groups in total. The van der Waals surface area contributed by atoms with Gasteiger partial charge in [-0.3, -0.25) is 0 Å². The predicted octanol–water partition coefficient (Wildman–Crippen LogP) is 1.89. The molecular weight excluding hydrogens is 202 g/mol. The maximum atomic E-state index is 10.9. The Morgan fingerprint density at radius 3 is 2.88 bits per heavy atom. The highest BCUT2D eigenvalue weighted by molar-refractivity contribution is 5.89. The van der Waals surface area contributed by atoms with Crippen LogP contribution in [0.25, 0.3) is 0 Å². The summed E-state index contributed by atoms with van der Waals surface area (Å²) in [7, 11) is 0. The molecule has 3 heteroatoms. The van der Waals surface area contributed by atoms with Crippen LogP contribution in [0.5, 0.6) is 0 Å². The van der Waals surface area contributed by atoms with Gasteiger partial charge in [0.2, 0.25) is 0 Å². The molecule has 0 spiro atoms. The lowest BCUT2D eigenvalue weighted by Gasteiger charge is -2.06. The first-order valence-corrected chi connectivity index (χ1v) is 5.21. The van der Waals surface area contributed by atoms with Gasteiger partial charge >= 0.3 is 5.97 Å². The van der Waals surface area contributed by atoms with E-state index in [9.17, 15) is 4.79 Å². The number of aromatic carboxylic acids is 1. The lowest BCUT2D eigenvalue weighted by atomic mass is 10.1.